The Balaban J connectivity index is 6.21. The predicted molar refractivity (Wildman–Crippen MR) is 122 cm³/mol. The average Bonchev–Trinajstić information content (AvgIpc) is 1.84. The largest absolute Gasteiger partial charge is 0.0743 e. The van der Waals surface area contributed by atoms with E-state index in [-0.39, 0.29) is 14.7 Å². The van der Waals surface area contributed by atoms with Crippen molar-refractivity contribution in [2.45, 2.75) is 91.7 Å². The topological polar surface area (TPSA) is 0 Å². The van der Waals surface area contributed by atoms with Crippen molar-refractivity contribution in [1.29, 1.82) is 0 Å². The summed E-state index contributed by atoms with van der Waals surface area (Å²) >= 11 is 0. The van der Waals surface area contributed by atoms with Crippen molar-refractivity contribution >= 4 is 52.2 Å². The van der Waals surface area contributed by atoms with Gasteiger partial charge in [-0.25, -0.2) is 0 Å². The number of rotatable bonds is 6. The smallest absolute Gasteiger partial charge is 0.0303 e. The molecule has 0 aliphatic heterocycles. The van der Waals surface area contributed by atoms with E-state index in [9.17, 15) is 0 Å². The minimum Gasteiger partial charge on any atom is -0.0743 e. The third kappa shape index (κ3) is 5.82. The molecule has 0 aromatic heterocycles. The van der Waals surface area contributed by atoms with Gasteiger partial charge in [0.15, 0.2) is 0 Å². The fourth-order valence-electron chi connectivity index (χ4n) is 6.12. The summed E-state index contributed by atoms with van der Waals surface area (Å²) in [5.74, 6) is 0. The van der Waals surface area contributed by atoms with Crippen LogP contribution in [0.5, 0.6) is 0 Å². The molecule has 0 unspecified atom stereocenters. The Bertz CT molecular complexity index is 287. The van der Waals surface area contributed by atoms with Gasteiger partial charge < -0.3 is 0 Å². The first-order valence-corrected chi connectivity index (χ1v) is 34.5. The van der Waals surface area contributed by atoms with E-state index >= 15 is 0 Å². The van der Waals surface area contributed by atoms with Gasteiger partial charge in [-0.3, -0.25) is 0 Å². The lowest BCUT2D eigenvalue weighted by molar-refractivity contribution is 1.78. The van der Waals surface area contributed by atoms with Crippen molar-refractivity contribution in [3.8, 4) is 0 Å². The molecular formula is C14H42Si7. The maximum atomic E-state index is 2.89. The van der Waals surface area contributed by atoms with Gasteiger partial charge in [-0.05, 0) is 0 Å². The van der Waals surface area contributed by atoms with Crippen molar-refractivity contribution < 1.29 is 0 Å². The zero-order chi connectivity index (χ0) is 17.7. The normalized spacial score (nSPS) is 16.0. The third-order valence-electron chi connectivity index (χ3n) is 4.25. The van der Waals surface area contributed by atoms with Gasteiger partial charge in [-0.15, -0.1) is 0 Å². The first kappa shape index (κ1) is 22.5. The molecular weight excluding hydrogens is 365 g/mol. The minimum atomic E-state index is -1.05. The maximum absolute atomic E-state index is 2.89. The predicted octanol–water partition coefficient (Wildman–Crippen LogP) is 5.51. The van der Waals surface area contributed by atoms with Gasteiger partial charge in [0.1, 0.15) is 0 Å². The first-order chi connectivity index (χ1) is 8.73. The zero-order valence-electron chi connectivity index (χ0n) is 17.5. The summed E-state index contributed by atoms with van der Waals surface area (Å²) < 4.78 is 0. The highest BCUT2D eigenvalue weighted by Crippen LogP contribution is 2.34. The van der Waals surface area contributed by atoms with Gasteiger partial charge in [0.05, 0.1) is 0 Å². The van der Waals surface area contributed by atoms with E-state index in [4.69, 9.17) is 0 Å². The molecule has 0 bridgehead atoms. The molecule has 0 spiro atoms. The van der Waals surface area contributed by atoms with E-state index < -0.39 is 37.5 Å². The van der Waals surface area contributed by atoms with Crippen LogP contribution in [0.4, 0.5) is 0 Å². The van der Waals surface area contributed by atoms with Crippen molar-refractivity contribution in [2.24, 2.45) is 0 Å². The van der Waals surface area contributed by atoms with Gasteiger partial charge >= 0.3 is 0 Å². The summed E-state index contributed by atoms with van der Waals surface area (Å²) in [5.41, 5.74) is 0. The molecule has 0 atom stereocenters. The summed E-state index contributed by atoms with van der Waals surface area (Å²) in [7, 11) is -5.15. The molecule has 0 N–H and O–H groups in total. The molecule has 126 valence electrons. The zero-order valence-corrected chi connectivity index (χ0v) is 24.5. The van der Waals surface area contributed by atoms with Crippen LogP contribution in [0, 0.1) is 0 Å². The highest BCUT2D eigenvalue weighted by atomic mass is 30.2. The molecule has 0 rings (SSSR count). The monoisotopic (exact) mass is 406 g/mol. The maximum Gasteiger partial charge on any atom is 0.0303 e. The van der Waals surface area contributed by atoms with E-state index in [1.807, 2.05) is 0 Å². The molecule has 0 heterocycles. The summed E-state index contributed by atoms with van der Waals surface area (Å²) in [6.45, 7) is 38.5. The molecule has 0 aromatic carbocycles. The molecule has 0 saturated heterocycles. The average molecular weight is 407 g/mol. The molecule has 0 nitrogen and oxygen atoms in total. The van der Waals surface area contributed by atoms with Crippen LogP contribution in [-0.2, 0) is 0 Å². The molecule has 7 heteroatoms. The van der Waals surface area contributed by atoms with Gasteiger partial charge in [0, 0.05) is 52.2 Å². The van der Waals surface area contributed by atoms with Crippen LogP contribution in [0.2, 0.25) is 91.7 Å². The number of hydrogen-bond acceptors (Lipinski definition) is 0. The quantitative estimate of drug-likeness (QED) is 0.510. The standard InChI is InChI=1S/C14H42Si7/c1-17(2,3)15(18(4,5)6)21(13,14)16(19(7,8)9)20(10,11)12/h1-14H3. The van der Waals surface area contributed by atoms with Crippen LogP contribution in [0.3, 0.4) is 0 Å². The first-order valence-electron chi connectivity index (χ1n) is 8.50. The van der Waals surface area contributed by atoms with Crippen LogP contribution in [0.15, 0.2) is 0 Å². The van der Waals surface area contributed by atoms with E-state index in [1.54, 1.807) is 0 Å². The molecule has 0 aliphatic rings. The second kappa shape index (κ2) is 6.44. The minimum absolute atomic E-state index is 0.0840. The fourth-order valence-corrected chi connectivity index (χ4v) is 233. The van der Waals surface area contributed by atoms with Gasteiger partial charge in [-0.2, -0.15) is 0 Å². The summed E-state index contributed by atoms with van der Waals surface area (Å²) in [4.78, 5) is 0. The van der Waals surface area contributed by atoms with Crippen molar-refractivity contribution in [1.82, 2.24) is 0 Å². The number of hydrogen-bond donors (Lipinski definition) is 0. The second-order valence-corrected chi connectivity index (χ2v) is 79.1. The molecule has 0 aromatic rings. The summed E-state index contributed by atoms with van der Waals surface area (Å²) in [5, 5.41) is 0. The van der Waals surface area contributed by atoms with Crippen molar-refractivity contribution in [3.05, 3.63) is 0 Å². The van der Waals surface area contributed by atoms with Crippen LogP contribution >= 0.6 is 0 Å². The van der Waals surface area contributed by atoms with Crippen LogP contribution in [0.25, 0.3) is 0 Å². The molecule has 2 radical (unpaired) electrons. The Morgan fingerprint density at radius 3 is 0.571 bits per heavy atom. The fraction of sp³-hybridized carbons (Fsp3) is 1.00. The van der Waals surface area contributed by atoms with E-state index in [0.717, 1.165) is 0 Å². The third-order valence-corrected chi connectivity index (χ3v) is 128. The molecule has 0 amide bonds. The Morgan fingerprint density at radius 1 is 0.333 bits per heavy atom. The van der Waals surface area contributed by atoms with Crippen LogP contribution in [0.1, 0.15) is 0 Å². The van der Waals surface area contributed by atoms with Crippen molar-refractivity contribution in [2.75, 3.05) is 0 Å². The van der Waals surface area contributed by atoms with Crippen LogP contribution in [-0.4, -0.2) is 52.2 Å². The lowest BCUT2D eigenvalue weighted by Gasteiger charge is -2.55. The molecule has 0 fully saturated rings. The Hall–Kier alpha value is 1.52. The van der Waals surface area contributed by atoms with Crippen molar-refractivity contribution in [3.63, 3.8) is 0 Å². The highest BCUT2D eigenvalue weighted by molar-refractivity contribution is 8.01. The van der Waals surface area contributed by atoms with Gasteiger partial charge in [0.25, 0.3) is 0 Å². The van der Waals surface area contributed by atoms with Gasteiger partial charge in [-0.1, -0.05) is 91.7 Å². The Kier molecular flexibility index (Phi) is 6.90. The SMILES string of the molecule is C[Si](C)(C)[Si]([Si](C)(C)C)[Si](C)(C)[Si]([Si](C)(C)C)[Si](C)(C)C. The highest BCUT2D eigenvalue weighted by Gasteiger charge is 2.58. The Morgan fingerprint density at radius 2 is 0.476 bits per heavy atom. The molecule has 21 heavy (non-hydrogen) atoms. The van der Waals surface area contributed by atoms with E-state index in [0.29, 0.717) is 0 Å². The molecule has 0 aliphatic carbocycles. The molecule has 0 saturated carbocycles. The summed E-state index contributed by atoms with van der Waals surface area (Å²) in [6, 6.07) is 0. The van der Waals surface area contributed by atoms with E-state index in [2.05, 4.69) is 91.7 Å². The second-order valence-electron chi connectivity index (χ2n) is 11.4. The lowest BCUT2D eigenvalue weighted by atomic mass is 11.8. The van der Waals surface area contributed by atoms with Crippen LogP contribution < -0.4 is 0 Å². The van der Waals surface area contributed by atoms with E-state index in [1.165, 1.54) is 0 Å². The lowest BCUT2D eigenvalue weighted by Crippen LogP contribution is -2.84. The summed E-state index contributed by atoms with van der Waals surface area (Å²) in [6.07, 6.45) is 0. The Labute approximate surface area is 143 Å². The van der Waals surface area contributed by atoms with Gasteiger partial charge in [0.2, 0.25) is 0 Å².